The fourth-order valence-electron chi connectivity index (χ4n) is 1.95. The molecule has 0 unspecified atom stereocenters. The number of nitrogens with one attached hydrogen (secondary N) is 1. The fraction of sp³-hybridized carbons (Fsp3) is 0.667. The van der Waals surface area contributed by atoms with Crippen LogP contribution in [0.4, 0.5) is 13.2 Å². The van der Waals surface area contributed by atoms with E-state index in [4.69, 9.17) is 0 Å². The number of aromatic amines is 1. The number of hydrogen-bond acceptors (Lipinski definition) is 3. The number of imidazole rings is 1. The molecule has 1 aliphatic rings. The van der Waals surface area contributed by atoms with Crippen molar-refractivity contribution in [1.82, 2.24) is 14.3 Å². The van der Waals surface area contributed by atoms with Crippen LogP contribution in [0.1, 0.15) is 12.8 Å². The third-order valence-electron chi connectivity index (χ3n) is 3.01. The lowest BCUT2D eigenvalue weighted by atomic mass is 9.98. The molecule has 9 heteroatoms. The van der Waals surface area contributed by atoms with Crippen LogP contribution in [0.25, 0.3) is 0 Å². The zero-order valence-corrected chi connectivity index (χ0v) is 10.1. The molecule has 5 nitrogen and oxygen atoms in total. The zero-order valence-electron chi connectivity index (χ0n) is 9.31. The van der Waals surface area contributed by atoms with Crippen LogP contribution in [0.5, 0.6) is 0 Å². The Morgan fingerprint density at radius 3 is 2.39 bits per heavy atom. The summed E-state index contributed by atoms with van der Waals surface area (Å²) in [5.41, 5.74) is 0. The molecule has 1 aliphatic heterocycles. The maximum Gasteiger partial charge on any atom is 0.391 e. The van der Waals surface area contributed by atoms with Crippen molar-refractivity contribution in [2.75, 3.05) is 13.1 Å². The van der Waals surface area contributed by atoms with Gasteiger partial charge >= 0.3 is 6.18 Å². The van der Waals surface area contributed by atoms with Gasteiger partial charge in [0.05, 0.1) is 18.4 Å². The maximum absolute atomic E-state index is 12.5. The van der Waals surface area contributed by atoms with E-state index in [1.54, 1.807) is 0 Å². The van der Waals surface area contributed by atoms with Gasteiger partial charge in [0, 0.05) is 13.1 Å². The molecule has 2 heterocycles. The molecule has 18 heavy (non-hydrogen) atoms. The molecule has 0 saturated carbocycles. The van der Waals surface area contributed by atoms with Gasteiger partial charge in [-0.1, -0.05) is 0 Å². The normalized spacial score (nSPS) is 20.2. The summed E-state index contributed by atoms with van der Waals surface area (Å²) in [6.45, 7) is -0.239. The Morgan fingerprint density at radius 2 is 1.94 bits per heavy atom. The summed E-state index contributed by atoms with van der Waals surface area (Å²) in [5.74, 6) is -1.41. The van der Waals surface area contributed by atoms with Crippen LogP contribution in [0.2, 0.25) is 0 Å². The summed E-state index contributed by atoms with van der Waals surface area (Å²) in [7, 11) is -3.74. The van der Waals surface area contributed by atoms with Gasteiger partial charge in [0.2, 0.25) is 0 Å². The van der Waals surface area contributed by atoms with Gasteiger partial charge in [0.1, 0.15) is 0 Å². The predicted molar refractivity (Wildman–Crippen MR) is 56.1 cm³/mol. The van der Waals surface area contributed by atoms with Crippen LogP contribution >= 0.6 is 0 Å². The van der Waals surface area contributed by atoms with Crippen LogP contribution < -0.4 is 0 Å². The number of aromatic nitrogens is 2. The van der Waals surface area contributed by atoms with Gasteiger partial charge in [0.25, 0.3) is 10.0 Å². The molecule has 1 N–H and O–H groups in total. The minimum Gasteiger partial charge on any atom is -0.335 e. The fourth-order valence-corrected chi connectivity index (χ4v) is 3.31. The molecule has 0 amide bonds. The van der Waals surface area contributed by atoms with E-state index >= 15 is 0 Å². The van der Waals surface area contributed by atoms with Gasteiger partial charge in [-0.05, 0) is 12.8 Å². The summed E-state index contributed by atoms with van der Waals surface area (Å²) in [4.78, 5) is 6.05. The van der Waals surface area contributed by atoms with E-state index in [0.717, 1.165) is 10.5 Å². The molecule has 0 radical (unpaired) electrons. The summed E-state index contributed by atoms with van der Waals surface area (Å²) < 4.78 is 62.4. The molecule has 0 bridgehead atoms. The molecule has 0 atom stereocenters. The molecule has 1 aromatic rings. The van der Waals surface area contributed by atoms with Crippen molar-refractivity contribution < 1.29 is 21.6 Å². The molecule has 1 aromatic heterocycles. The summed E-state index contributed by atoms with van der Waals surface area (Å²) in [5, 5.41) is -0.0899. The predicted octanol–water partition coefficient (Wildman–Crippen LogP) is 1.37. The van der Waals surface area contributed by atoms with Crippen LogP contribution in [-0.2, 0) is 10.0 Å². The van der Waals surface area contributed by atoms with E-state index in [1.165, 1.54) is 6.33 Å². The monoisotopic (exact) mass is 283 g/mol. The highest BCUT2D eigenvalue weighted by Gasteiger charge is 2.43. The minimum atomic E-state index is -4.25. The first-order chi connectivity index (χ1) is 8.32. The van der Waals surface area contributed by atoms with E-state index in [9.17, 15) is 21.6 Å². The highest BCUT2D eigenvalue weighted by molar-refractivity contribution is 7.89. The third-order valence-corrected chi connectivity index (χ3v) is 4.83. The van der Waals surface area contributed by atoms with Crippen molar-refractivity contribution in [1.29, 1.82) is 0 Å². The largest absolute Gasteiger partial charge is 0.391 e. The summed E-state index contributed by atoms with van der Waals surface area (Å²) >= 11 is 0. The molecule has 0 aliphatic carbocycles. The number of sulfonamides is 1. The number of alkyl halides is 3. The lowest BCUT2D eigenvalue weighted by Gasteiger charge is -2.31. The second-order valence-electron chi connectivity index (χ2n) is 4.14. The average Bonchev–Trinajstić information content (AvgIpc) is 2.82. The van der Waals surface area contributed by atoms with Gasteiger partial charge in [-0.15, -0.1) is 0 Å². The Hall–Kier alpha value is -1.09. The second-order valence-corrected chi connectivity index (χ2v) is 6.04. The molecule has 2 rings (SSSR count). The number of rotatable bonds is 2. The molecular weight excluding hydrogens is 271 g/mol. The summed E-state index contributed by atoms with van der Waals surface area (Å²) in [6.07, 6.45) is -2.28. The van der Waals surface area contributed by atoms with Crippen LogP contribution in [-0.4, -0.2) is 42.0 Å². The number of hydrogen-bond donors (Lipinski definition) is 1. The second kappa shape index (κ2) is 4.54. The number of H-pyrrole nitrogens is 1. The van der Waals surface area contributed by atoms with Gasteiger partial charge in [-0.3, -0.25) is 0 Å². The molecule has 1 saturated heterocycles. The van der Waals surface area contributed by atoms with E-state index in [2.05, 4.69) is 9.97 Å². The molecule has 1 fully saturated rings. The number of piperidine rings is 1. The van der Waals surface area contributed by atoms with E-state index < -0.39 is 22.1 Å². The van der Waals surface area contributed by atoms with E-state index in [-0.39, 0.29) is 31.0 Å². The third kappa shape index (κ3) is 2.51. The van der Waals surface area contributed by atoms with Gasteiger partial charge < -0.3 is 4.98 Å². The molecule has 0 aromatic carbocycles. The molecule has 102 valence electrons. The first kappa shape index (κ1) is 13.3. The van der Waals surface area contributed by atoms with Crippen molar-refractivity contribution >= 4 is 10.0 Å². The average molecular weight is 283 g/mol. The Labute approximate surface area is 102 Å². The van der Waals surface area contributed by atoms with Crippen molar-refractivity contribution in [3.63, 3.8) is 0 Å². The smallest absolute Gasteiger partial charge is 0.335 e. The van der Waals surface area contributed by atoms with Crippen molar-refractivity contribution in [3.8, 4) is 0 Å². The Balaban J connectivity index is 2.07. The first-order valence-electron chi connectivity index (χ1n) is 5.37. The van der Waals surface area contributed by atoms with Crippen molar-refractivity contribution in [2.24, 2.45) is 5.92 Å². The Kier molecular flexibility index (Phi) is 3.37. The summed E-state index contributed by atoms with van der Waals surface area (Å²) in [6, 6.07) is 0. The SMILES string of the molecule is O=S(=O)(c1cnc[nH]1)N1CCC(C(F)(F)F)CC1. The highest BCUT2D eigenvalue weighted by atomic mass is 32.2. The lowest BCUT2D eigenvalue weighted by Crippen LogP contribution is -2.42. The number of nitrogens with zero attached hydrogens (tertiary/aromatic N) is 2. The maximum atomic E-state index is 12.5. The van der Waals surface area contributed by atoms with Gasteiger partial charge in [0.15, 0.2) is 5.03 Å². The quantitative estimate of drug-likeness (QED) is 0.891. The Bertz CT molecular complexity index is 490. The van der Waals surface area contributed by atoms with Gasteiger partial charge in [-0.2, -0.15) is 17.5 Å². The lowest BCUT2D eigenvalue weighted by molar-refractivity contribution is -0.182. The van der Waals surface area contributed by atoms with Crippen molar-refractivity contribution in [2.45, 2.75) is 24.0 Å². The molecule has 0 spiro atoms. The minimum absolute atomic E-state index is 0.0899. The standard InChI is InChI=1S/C9H12F3N3O2S/c10-9(11,12)7-1-3-15(4-2-7)18(16,17)8-5-13-6-14-8/h5-7H,1-4H2,(H,13,14). The zero-order chi connectivity index (χ0) is 13.4. The van der Waals surface area contributed by atoms with Crippen molar-refractivity contribution in [3.05, 3.63) is 12.5 Å². The van der Waals surface area contributed by atoms with Crippen LogP contribution in [0.15, 0.2) is 17.6 Å². The van der Waals surface area contributed by atoms with E-state index in [0.29, 0.717) is 0 Å². The van der Waals surface area contributed by atoms with Crippen LogP contribution in [0, 0.1) is 5.92 Å². The van der Waals surface area contributed by atoms with Crippen LogP contribution in [0.3, 0.4) is 0 Å². The van der Waals surface area contributed by atoms with Gasteiger partial charge in [-0.25, -0.2) is 13.4 Å². The topological polar surface area (TPSA) is 66.1 Å². The number of halogens is 3. The molecular formula is C9H12F3N3O2S. The highest BCUT2D eigenvalue weighted by Crippen LogP contribution is 2.35. The van der Waals surface area contributed by atoms with E-state index in [1.807, 2.05) is 0 Å². The Morgan fingerprint density at radius 1 is 1.33 bits per heavy atom. The first-order valence-corrected chi connectivity index (χ1v) is 6.81.